The number of fused-ring (bicyclic) bond motifs is 1. The SMILES string of the molecule is COC1=C(OC(C)=O)C(=O)c2c(O)ccc(O)c2C1=O. The van der Waals surface area contributed by atoms with Gasteiger partial charge in [-0.2, -0.15) is 0 Å². The number of benzene rings is 1. The number of ether oxygens (including phenoxy) is 2. The van der Waals surface area contributed by atoms with Gasteiger partial charge in [0.15, 0.2) is 0 Å². The number of hydrogen-bond donors (Lipinski definition) is 2. The molecule has 7 nitrogen and oxygen atoms in total. The van der Waals surface area contributed by atoms with Gasteiger partial charge in [0.05, 0.1) is 18.2 Å². The van der Waals surface area contributed by atoms with E-state index < -0.39 is 46.1 Å². The van der Waals surface area contributed by atoms with Crippen molar-refractivity contribution >= 4 is 17.5 Å². The topological polar surface area (TPSA) is 110 Å². The fourth-order valence-corrected chi connectivity index (χ4v) is 1.90. The van der Waals surface area contributed by atoms with E-state index in [1.165, 1.54) is 0 Å². The first kappa shape index (κ1) is 13.6. The highest BCUT2D eigenvalue weighted by atomic mass is 16.6. The lowest BCUT2D eigenvalue weighted by atomic mass is 9.90. The van der Waals surface area contributed by atoms with Gasteiger partial charge in [0, 0.05) is 6.92 Å². The van der Waals surface area contributed by atoms with Gasteiger partial charge < -0.3 is 19.7 Å². The third-order valence-electron chi connectivity index (χ3n) is 2.68. The van der Waals surface area contributed by atoms with Gasteiger partial charge in [0.25, 0.3) is 0 Å². The predicted octanol–water partition coefficient (Wildman–Crippen LogP) is 0.898. The predicted molar refractivity (Wildman–Crippen MR) is 64.2 cm³/mol. The van der Waals surface area contributed by atoms with Crippen molar-refractivity contribution in [2.45, 2.75) is 6.92 Å². The molecule has 104 valence electrons. The van der Waals surface area contributed by atoms with Crippen LogP contribution in [0.1, 0.15) is 27.6 Å². The van der Waals surface area contributed by atoms with E-state index in [1.54, 1.807) is 0 Å². The van der Waals surface area contributed by atoms with Gasteiger partial charge in [-0.25, -0.2) is 0 Å². The molecule has 0 fully saturated rings. The second-order valence-corrected chi connectivity index (χ2v) is 3.97. The van der Waals surface area contributed by atoms with Crippen molar-refractivity contribution in [3.63, 3.8) is 0 Å². The van der Waals surface area contributed by atoms with Crippen LogP contribution in [0.25, 0.3) is 0 Å². The minimum atomic E-state index is -0.917. The molecule has 0 radical (unpaired) electrons. The molecule has 1 aromatic carbocycles. The third-order valence-corrected chi connectivity index (χ3v) is 2.68. The van der Waals surface area contributed by atoms with Crippen LogP contribution in [0.15, 0.2) is 23.7 Å². The van der Waals surface area contributed by atoms with E-state index in [0.717, 1.165) is 26.2 Å². The summed E-state index contributed by atoms with van der Waals surface area (Å²) in [6.07, 6.45) is 0. The van der Waals surface area contributed by atoms with Crippen molar-refractivity contribution in [2.75, 3.05) is 7.11 Å². The van der Waals surface area contributed by atoms with Gasteiger partial charge >= 0.3 is 5.97 Å². The number of carbonyl (C=O) groups excluding carboxylic acids is 3. The average Bonchev–Trinajstić information content (AvgIpc) is 2.38. The van der Waals surface area contributed by atoms with Crippen LogP contribution in [0.5, 0.6) is 11.5 Å². The molecular weight excluding hydrogens is 268 g/mol. The molecule has 2 rings (SSSR count). The molecule has 2 N–H and O–H groups in total. The van der Waals surface area contributed by atoms with E-state index in [2.05, 4.69) is 4.74 Å². The molecule has 7 heteroatoms. The Bertz CT molecular complexity index is 670. The van der Waals surface area contributed by atoms with E-state index in [1.807, 2.05) is 0 Å². The lowest BCUT2D eigenvalue weighted by Crippen LogP contribution is -2.25. The van der Waals surface area contributed by atoms with E-state index in [-0.39, 0.29) is 5.56 Å². The van der Waals surface area contributed by atoms with E-state index in [0.29, 0.717) is 0 Å². The largest absolute Gasteiger partial charge is 0.507 e. The summed E-state index contributed by atoms with van der Waals surface area (Å²) in [5.74, 6) is -4.69. The maximum absolute atomic E-state index is 12.2. The minimum absolute atomic E-state index is 0.386. The number of rotatable bonds is 2. The molecule has 0 aliphatic heterocycles. The van der Waals surface area contributed by atoms with E-state index >= 15 is 0 Å². The Morgan fingerprint density at radius 1 is 1.00 bits per heavy atom. The van der Waals surface area contributed by atoms with Gasteiger partial charge in [-0.3, -0.25) is 14.4 Å². The Labute approximate surface area is 113 Å². The average molecular weight is 278 g/mol. The molecule has 0 unspecified atom stereocenters. The van der Waals surface area contributed by atoms with Crippen LogP contribution in [0.3, 0.4) is 0 Å². The maximum Gasteiger partial charge on any atom is 0.308 e. The summed E-state index contributed by atoms with van der Waals surface area (Å²) >= 11 is 0. The number of phenols is 2. The van der Waals surface area contributed by atoms with Crippen molar-refractivity contribution in [1.82, 2.24) is 0 Å². The lowest BCUT2D eigenvalue weighted by Gasteiger charge is -2.20. The van der Waals surface area contributed by atoms with Crippen molar-refractivity contribution < 1.29 is 34.1 Å². The van der Waals surface area contributed by atoms with Gasteiger partial charge in [0.2, 0.25) is 23.1 Å². The van der Waals surface area contributed by atoms with Crippen molar-refractivity contribution in [2.24, 2.45) is 0 Å². The van der Waals surface area contributed by atoms with Crippen molar-refractivity contribution in [1.29, 1.82) is 0 Å². The highest BCUT2D eigenvalue weighted by Gasteiger charge is 2.39. The standard InChI is InChI=1S/C13H10O7/c1-5(14)20-13-11(18)9-7(16)4-3-6(15)8(9)10(17)12(13)19-2/h3-4,15-16H,1-2H3. The minimum Gasteiger partial charge on any atom is -0.507 e. The van der Waals surface area contributed by atoms with E-state index in [4.69, 9.17) is 4.74 Å². The third kappa shape index (κ3) is 1.89. The molecule has 0 amide bonds. The Kier molecular flexibility index (Phi) is 3.19. The van der Waals surface area contributed by atoms with Crippen LogP contribution in [-0.4, -0.2) is 34.9 Å². The zero-order chi connectivity index (χ0) is 15.0. The number of esters is 1. The molecular formula is C13H10O7. The molecule has 0 atom stereocenters. The Balaban J connectivity index is 2.74. The van der Waals surface area contributed by atoms with Crippen LogP contribution in [0.4, 0.5) is 0 Å². The summed E-state index contributed by atoms with van der Waals surface area (Å²) in [4.78, 5) is 35.4. The summed E-state index contributed by atoms with van der Waals surface area (Å²) in [6, 6.07) is 2.13. The number of aromatic hydroxyl groups is 2. The fraction of sp³-hybridized carbons (Fsp3) is 0.154. The maximum atomic E-state index is 12.2. The number of hydrogen-bond acceptors (Lipinski definition) is 7. The Hall–Kier alpha value is -2.83. The first-order valence-electron chi connectivity index (χ1n) is 5.49. The van der Waals surface area contributed by atoms with E-state index in [9.17, 15) is 24.6 Å². The Morgan fingerprint density at radius 2 is 1.45 bits per heavy atom. The van der Waals surface area contributed by atoms with Crippen LogP contribution in [0.2, 0.25) is 0 Å². The number of methoxy groups -OCH3 is 1. The Morgan fingerprint density at radius 3 is 1.85 bits per heavy atom. The first-order chi connectivity index (χ1) is 9.38. The van der Waals surface area contributed by atoms with Crippen LogP contribution in [0, 0.1) is 0 Å². The summed E-state index contributed by atoms with van der Waals surface area (Å²) in [5, 5.41) is 19.4. The van der Waals surface area contributed by atoms with Gasteiger partial charge in [-0.1, -0.05) is 0 Å². The van der Waals surface area contributed by atoms with Crippen LogP contribution in [-0.2, 0) is 14.3 Å². The molecule has 0 spiro atoms. The second-order valence-electron chi connectivity index (χ2n) is 3.97. The molecule has 0 aromatic heterocycles. The summed E-state index contributed by atoms with van der Waals surface area (Å²) in [5.41, 5.74) is -0.810. The van der Waals surface area contributed by atoms with Crippen LogP contribution >= 0.6 is 0 Å². The number of carbonyl (C=O) groups is 3. The quantitative estimate of drug-likeness (QED) is 0.610. The zero-order valence-corrected chi connectivity index (χ0v) is 10.6. The number of ketones is 2. The number of phenolic OH excluding ortho intramolecular Hbond substituents is 2. The summed E-state index contributed by atoms with van der Waals surface area (Å²) in [7, 11) is 1.12. The van der Waals surface area contributed by atoms with Crippen LogP contribution < -0.4 is 0 Å². The fourth-order valence-electron chi connectivity index (χ4n) is 1.90. The van der Waals surface area contributed by atoms with Crippen molar-refractivity contribution in [3.05, 3.63) is 34.8 Å². The molecule has 1 aliphatic rings. The van der Waals surface area contributed by atoms with Crippen molar-refractivity contribution in [3.8, 4) is 11.5 Å². The molecule has 1 aromatic rings. The highest BCUT2D eigenvalue weighted by molar-refractivity contribution is 6.27. The molecule has 0 saturated heterocycles. The second kappa shape index (κ2) is 4.69. The smallest absolute Gasteiger partial charge is 0.308 e. The molecule has 0 bridgehead atoms. The molecule has 1 aliphatic carbocycles. The number of allylic oxidation sites excluding steroid dienone is 2. The highest BCUT2D eigenvalue weighted by Crippen LogP contribution is 2.37. The van der Waals surface area contributed by atoms with Gasteiger partial charge in [-0.15, -0.1) is 0 Å². The molecule has 20 heavy (non-hydrogen) atoms. The monoisotopic (exact) mass is 278 g/mol. The normalized spacial score (nSPS) is 14.1. The van der Waals surface area contributed by atoms with Gasteiger partial charge in [-0.05, 0) is 12.1 Å². The molecule has 0 saturated carbocycles. The lowest BCUT2D eigenvalue weighted by molar-refractivity contribution is -0.136. The zero-order valence-electron chi connectivity index (χ0n) is 10.6. The first-order valence-corrected chi connectivity index (χ1v) is 5.49. The summed E-state index contributed by atoms with van der Waals surface area (Å²) in [6.45, 7) is 1.05. The van der Waals surface area contributed by atoms with Gasteiger partial charge in [0.1, 0.15) is 11.5 Å². The summed E-state index contributed by atoms with van der Waals surface area (Å²) < 4.78 is 9.46. The molecule has 0 heterocycles. The number of Topliss-reactive ketones (excluding diaryl/α,β-unsaturated/α-hetero) is 2.